The first-order valence-corrected chi connectivity index (χ1v) is 9.11. The maximum Gasteiger partial charge on any atom is 0.261 e. The zero-order valence-electron chi connectivity index (χ0n) is 15.0. The molecule has 5 heteroatoms. The number of allylic oxidation sites excluding steroid dienone is 1. The van der Waals surface area contributed by atoms with E-state index in [0.717, 1.165) is 19.3 Å². The second-order valence-corrected chi connectivity index (χ2v) is 7.96. The van der Waals surface area contributed by atoms with E-state index in [2.05, 4.69) is 16.4 Å². The molecule has 0 aliphatic heterocycles. The second kappa shape index (κ2) is 6.98. The van der Waals surface area contributed by atoms with Gasteiger partial charge >= 0.3 is 0 Å². The Kier molecular flexibility index (Phi) is 4.93. The summed E-state index contributed by atoms with van der Waals surface area (Å²) in [5.74, 6) is -0.415. The molecule has 2 N–H and O–H groups in total. The van der Waals surface area contributed by atoms with Gasteiger partial charge in [0, 0.05) is 24.2 Å². The fraction of sp³-hybridized carbons (Fsp3) is 0.550. The number of nitrogens with one attached hydrogen (secondary N) is 2. The average molecular weight is 342 g/mol. The largest absolute Gasteiger partial charge is 0.352 e. The molecule has 3 rings (SSSR count). The van der Waals surface area contributed by atoms with E-state index in [0.29, 0.717) is 30.6 Å². The van der Waals surface area contributed by atoms with Crippen molar-refractivity contribution in [1.29, 1.82) is 0 Å². The van der Waals surface area contributed by atoms with Gasteiger partial charge in [-0.3, -0.25) is 14.4 Å². The van der Waals surface area contributed by atoms with Crippen molar-refractivity contribution in [1.82, 2.24) is 10.3 Å². The summed E-state index contributed by atoms with van der Waals surface area (Å²) in [5, 5.41) is 2.81. The van der Waals surface area contributed by atoms with Crippen LogP contribution < -0.4 is 10.9 Å². The summed E-state index contributed by atoms with van der Waals surface area (Å²) in [6.07, 6.45) is 8.81. The van der Waals surface area contributed by atoms with Crippen LogP contribution in [0.4, 0.5) is 0 Å². The molecular formula is C20H26N2O3. The van der Waals surface area contributed by atoms with Crippen LogP contribution in [-0.4, -0.2) is 23.2 Å². The normalized spacial score (nSPS) is 19.1. The van der Waals surface area contributed by atoms with Crippen LogP contribution in [-0.2, 0) is 6.42 Å². The van der Waals surface area contributed by atoms with Crippen LogP contribution in [0.15, 0.2) is 22.5 Å². The van der Waals surface area contributed by atoms with Gasteiger partial charge in [0.1, 0.15) is 5.56 Å². The Hall–Kier alpha value is -2.17. The van der Waals surface area contributed by atoms with E-state index in [1.165, 1.54) is 24.5 Å². The van der Waals surface area contributed by atoms with Crippen LogP contribution in [0.2, 0.25) is 0 Å². The quantitative estimate of drug-likeness (QED) is 0.825. The van der Waals surface area contributed by atoms with Gasteiger partial charge < -0.3 is 10.3 Å². The number of fused-ring (bicyclic) bond motifs is 1. The number of rotatable bonds is 4. The van der Waals surface area contributed by atoms with Crippen molar-refractivity contribution in [2.45, 2.75) is 58.8 Å². The molecule has 1 heterocycles. The summed E-state index contributed by atoms with van der Waals surface area (Å²) in [4.78, 5) is 39.7. The van der Waals surface area contributed by atoms with Crippen molar-refractivity contribution < 1.29 is 9.59 Å². The molecule has 1 aromatic heterocycles. The molecular weight excluding hydrogens is 316 g/mol. The molecule has 0 atom stereocenters. The number of aromatic amines is 1. The van der Waals surface area contributed by atoms with E-state index in [1.54, 1.807) is 0 Å². The molecule has 0 saturated heterocycles. The maximum absolute atomic E-state index is 12.4. The SMILES string of the molecule is CC1(C)CC(=O)c2cc(C(=O)NCCC3=CCCCC3)c(=O)[nH]c2C1. The number of pyridine rings is 1. The number of carbonyl (C=O) groups is 2. The van der Waals surface area contributed by atoms with E-state index in [-0.39, 0.29) is 16.8 Å². The zero-order chi connectivity index (χ0) is 18.0. The topological polar surface area (TPSA) is 79.0 Å². The lowest BCUT2D eigenvalue weighted by atomic mass is 9.75. The summed E-state index contributed by atoms with van der Waals surface area (Å²) in [6.45, 7) is 4.53. The van der Waals surface area contributed by atoms with Crippen LogP contribution in [0.3, 0.4) is 0 Å². The van der Waals surface area contributed by atoms with Crippen LogP contribution in [0.5, 0.6) is 0 Å². The van der Waals surface area contributed by atoms with Gasteiger partial charge in [-0.05, 0) is 50.0 Å². The molecule has 0 unspecified atom stereocenters. The first-order chi connectivity index (χ1) is 11.9. The monoisotopic (exact) mass is 342 g/mol. The van der Waals surface area contributed by atoms with Gasteiger partial charge in [0.2, 0.25) is 0 Å². The molecule has 0 radical (unpaired) electrons. The van der Waals surface area contributed by atoms with Crippen molar-refractivity contribution in [3.63, 3.8) is 0 Å². The zero-order valence-corrected chi connectivity index (χ0v) is 15.0. The standard InChI is InChI=1S/C20H26N2O3/c1-20(2)11-16-14(17(23)12-20)10-15(19(25)22-16)18(24)21-9-8-13-6-4-3-5-7-13/h6,10H,3-5,7-9,11-12H2,1-2H3,(H,21,24)(H,22,25). The fourth-order valence-corrected chi connectivity index (χ4v) is 3.76. The first-order valence-electron chi connectivity index (χ1n) is 9.11. The molecule has 1 aromatic rings. The van der Waals surface area contributed by atoms with E-state index in [4.69, 9.17) is 0 Å². The maximum atomic E-state index is 12.4. The van der Waals surface area contributed by atoms with Crippen molar-refractivity contribution >= 4 is 11.7 Å². The van der Waals surface area contributed by atoms with Gasteiger partial charge in [-0.15, -0.1) is 0 Å². The number of H-pyrrole nitrogens is 1. The average Bonchev–Trinajstić information content (AvgIpc) is 2.54. The third-order valence-corrected chi connectivity index (χ3v) is 5.08. The molecule has 0 fully saturated rings. The minimum atomic E-state index is -0.418. The summed E-state index contributed by atoms with van der Waals surface area (Å²) < 4.78 is 0. The molecule has 2 aliphatic rings. The minimum absolute atomic E-state index is 0.0103. The molecule has 0 aromatic carbocycles. The molecule has 5 nitrogen and oxygen atoms in total. The van der Waals surface area contributed by atoms with Crippen molar-refractivity contribution in [3.05, 3.63) is 44.9 Å². The number of carbonyl (C=O) groups excluding carboxylic acids is 2. The van der Waals surface area contributed by atoms with E-state index in [1.807, 2.05) is 13.8 Å². The molecule has 25 heavy (non-hydrogen) atoms. The van der Waals surface area contributed by atoms with Crippen LogP contribution >= 0.6 is 0 Å². The Labute approximate surface area is 147 Å². The highest BCUT2D eigenvalue weighted by molar-refractivity contribution is 6.02. The lowest BCUT2D eigenvalue weighted by Crippen LogP contribution is -2.35. The predicted octanol–water partition coefficient (Wildman–Crippen LogP) is 3.15. The number of amides is 1. The molecule has 0 saturated carbocycles. The van der Waals surface area contributed by atoms with Crippen LogP contribution in [0.25, 0.3) is 0 Å². The molecule has 2 aliphatic carbocycles. The van der Waals surface area contributed by atoms with E-state index >= 15 is 0 Å². The lowest BCUT2D eigenvalue weighted by molar-refractivity contribution is 0.0910. The summed E-state index contributed by atoms with van der Waals surface area (Å²) in [5.41, 5.74) is 1.96. The van der Waals surface area contributed by atoms with Gasteiger partial charge in [0.05, 0.1) is 0 Å². The van der Waals surface area contributed by atoms with Gasteiger partial charge in [0.25, 0.3) is 11.5 Å². The highest BCUT2D eigenvalue weighted by Gasteiger charge is 2.32. The molecule has 0 spiro atoms. The number of aromatic nitrogens is 1. The highest BCUT2D eigenvalue weighted by atomic mass is 16.2. The summed E-state index contributed by atoms with van der Waals surface area (Å²) in [6, 6.07) is 1.47. The number of hydrogen-bond acceptors (Lipinski definition) is 3. The van der Waals surface area contributed by atoms with Gasteiger partial charge in [-0.2, -0.15) is 0 Å². The van der Waals surface area contributed by atoms with Crippen LogP contribution in [0.1, 0.15) is 78.8 Å². The van der Waals surface area contributed by atoms with Crippen molar-refractivity contribution in [2.24, 2.45) is 5.41 Å². The summed E-state index contributed by atoms with van der Waals surface area (Å²) >= 11 is 0. The second-order valence-electron chi connectivity index (χ2n) is 7.96. The molecule has 0 bridgehead atoms. The Morgan fingerprint density at radius 1 is 1.24 bits per heavy atom. The van der Waals surface area contributed by atoms with Crippen LogP contribution in [0, 0.1) is 5.41 Å². The Balaban J connectivity index is 1.71. The van der Waals surface area contributed by atoms with Crippen molar-refractivity contribution in [3.8, 4) is 0 Å². The molecule has 134 valence electrons. The van der Waals surface area contributed by atoms with Gasteiger partial charge in [-0.1, -0.05) is 25.5 Å². The fourth-order valence-electron chi connectivity index (χ4n) is 3.76. The minimum Gasteiger partial charge on any atom is -0.352 e. The molecule has 1 amide bonds. The third kappa shape index (κ3) is 4.09. The Bertz CT molecular complexity index is 787. The Morgan fingerprint density at radius 3 is 2.76 bits per heavy atom. The number of hydrogen-bond donors (Lipinski definition) is 2. The highest BCUT2D eigenvalue weighted by Crippen LogP contribution is 2.33. The van der Waals surface area contributed by atoms with Gasteiger partial charge in [-0.25, -0.2) is 0 Å². The third-order valence-electron chi connectivity index (χ3n) is 5.08. The van der Waals surface area contributed by atoms with Gasteiger partial charge in [0.15, 0.2) is 5.78 Å². The van der Waals surface area contributed by atoms with Crippen molar-refractivity contribution in [2.75, 3.05) is 6.54 Å². The van der Waals surface area contributed by atoms with E-state index in [9.17, 15) is 14.4 Å². The number of ketones is 1. The Morgan fingerprint density at radius 2 is 2.04 bits per heavy atom. The lowest BCUT2D eigenvalue weighted by Gasteiger charge is -2.29. The smallest absolute Gasteiger partial charge is 0.261 e. The number of Topliss-reactive ketones (excluding diaryl/α,β-unsaturated/α-hetero) is 1. The van der Waals surface area contributed by atoms with E-state index < -0.39 is 11.5 Å². The first kappa shape index (κ1) is 17.6. The summed E-state index contributed by atoms with van der Waals surface area (Å²) in [7, 11) is 0. The predicted molar refractivity (Wildman–Crippen MR) is 97.0 cm³/mol.